The molecule has 2 amide bonds. The smallest absolute Gasteiger partial charge is 0.234 e. The van der Waals surface area contributed by atoms with E-state index in [0.29, 0.717) is 18.3 Å². The van der Waals surface area contributed by atoms with Gasteiger partial charge in [-0.2, -0.15) is 0 Å². The van der Waals surface area contributed by atoms with E-state index >= 15 is 0 Å². The number of hydrogen-bond donors (Lipinski definition) is 2. The summed E-state index contributed by atoms with van der Waals surface area (Å²) in [5.74, 6) is 4.10. The Morgan fingerprint density at radius 2 is 1.73 bits per heavy atom. The summed E-state index contributed by atoms with van der Waals surface area (Å²) in [4.78, 5) is 26.0. The number of unbranched alkanes of at least 4 members (excludes halogenated alkanes) is 1. The van der Waals surface area contributed by atoms with Crippen LogP contribution < -0.4 is 15.4 Å². The molecule has 0 atom stereocenters. The standard InChI is InChI=1S/C28H39N5O3S/c1-3-5-10-33-24(17-29-26(35)28-14-19-11-20(15-28)13-21(12-19)16-28)31-32-27(33)37-18-25(34)30-22-6-8-23(9-7-22)36-4-2/h6-9,19-21H,3-5,10-18H2,1-2H3,(H,29,35)(H,30,34). The number of benzene rings is 1. The van der Waals surface area contributed by atoms with Crippen LogP contribution >= 0.6 is 11.8 Å². The van der Waals surface area contributed by atoms with Crippen molar-refractivity contribution < 1.29 is 14.3 Å². The monoisotopic (exact) mass is 525 g/mol. The van der Waals surface area contributed by atoms with Crippen LogP contribution in [0, 0.1) is 23.2 Å². The summed E-state index contributed by atoms with van der Waals surface area (Å²) >= 11 is 1.38. The molecule has 2 N–H and O–H groups in total. The number of thioether (sulfide) groups is 1. The van der Waals surface area contributed by atoms with Crippen LogP contribution in [0.1, 0.15) is 71.0 Å². The topological polar surface area (TPSA) is 98.1 Å². The minimum Gasteiger partial charge on any atom is -0.494 e. The average molecular weight is 526 g/mol. The Kier molecular flexibility index (Phi) is 8.07. The van der Waals surface area contributed by atoms with E-state index in [9.17, 15) is 9.59 Å². The van der Waals surface area contributed by atoms with Crippen molar-refractivity contribution in [1.29, 1.82) is 0 Å². The number of ether oxygens (including phenoxy) is 1. The van der Waals surface area contributed by atoms with Gasteiger partial charge in [0.2, 0.25) is 11.8 Å². The van der Waals surface area contributed by atoms with Crippen LogP contribution in [0.2, 0.25) is 0 Å². The fourth-order valence-corrected chi connectivity index (χ4v) is 7.74. The first-order valence-corrected chi connectivity index (χ1v) is 14.8. The molecule has 9 heteroatoms. The van der Waals surface area contributed by atoms with Gasteiger partial charge in [-0.15, -0.1) is 10.2 Å². The predicted molar refractivity (Wildman–Crippen MR) is 144 cm³/mol. The van der Waals surface area contributed by atoms with Gasteiger partial charge < -0.3 is 19.9 Å². The van der Waals surface area contributed by atoms with Gasteiger partial charge in [0.25, 0.3) is 0 Å². The minimum absolute atomic E-state index is 0.101. The molecule has 0 spiro atoms. The molecule has 37 heavy (non-hydrogen) atoms. The van der Waals surface area contributed by atoms with Gasteiger partial charge in [-0.3, -0.25) is 9.59 Å². The van der Waals surface area contributed by atoms with Crippen molar-refractivity contribution in [3.8, 4) is 5.75 Å². The zero-order chi connectivity index (χ0) is 25.8. The first-order chi connectivity index (χ1) is 18.0. The Hall–Kier alpha value is -2.55. The third-order valence-electron chi connectivity index (χ3n) is 8.24. The predicted octanol–water partition coefficient (Wildman–Crippen LogP) is 5.04. The summed E-state index contributed by atoms with van der Waals surface area (Å²) in [5.41, 5.74) is 0.564. The van der Waals surface area contributed by atoms with Crippen LogP contribution in [0.15, 0.2) is 29.4 Å². The Bertz CT molecular complexity index is 1060. The molecular formula is C28H39N5O3S. The number of anilines is 1. The van der Waals surface area contributed by atoms with E-state index in [0.717, 1.165) is 73.7 Å². The average Bonchev–Trinajstić information content (AvgIpc) is 3.26. The molecule has 0 aliphatic heterocycles. The number of amides is 2. The largest absolute Gasteiger partial charge is 0.494 e. The molecule has 1 aromatic carbocycles. The summed E-state index contributed by atoms with van der Waals surface area (Å²) in [7, 11) is 0. The lowest BCUT2D eigenvalue weighted by atomic mass is 9.49. The molecule has 1 aromatic heterocycles. The van der Waals surface area contributed by atoms with E-state index in [-0.39, 0.29) is 23.0 Å². The lowest BCUT2D eigenvalue weighted by Crippen LogP contribution is -2.53. The second-order valence-corrected chi connectivity index (χ2v) is 12.0. The number of carbonyl (C=O) groups excluding carboxylic acids is 2. The van der Waals surface area contributed by atoms with Crippen molar-refractivity contribution >= 4 is 29.3 Å². The SMILES string of the molecule is CCCCn1c(CNC(=O)C23CC4CC(CC(C4)C2)C3)nnc1SCC(=O)Nc1ccc(OCC)cc1. The van der Waals surface area contributed by atoms with Crippen molar-refractivity contribution in [3.05, 3.63) is 30.1 Å². The lowest BCUT2D eigenvalue weighted by Gasteiger charge is -2.55. The first-order valence-electron chi connectivity index (χ1n) is 13.8. The van der Waals surface area contributed by atoms with Gasteiger partial charge in [0, 0.05) is 17.6 Å². The van der Waals surface area contributed by atoms with Gasteiger partial charge in [0.1, 0.15) is 5.75 Å². The summed E-state index contributed by atoms with van der Waals surface area (Å²) in [6.45, 7) is 5.85. The van der Waals surface area contributed by atoms with Gasteiger partial charge in [-0.25, -0.2) is 0 Å². The molecule has 2 aromatic rings. The van der Waals surface area contributed by atoms with Gasteiger partial charge in [0.05, 0.1) is 18.9 Å². The fourth-order valence-electron chi connectivity index (χ4n) is 6.96. The molecule has 200 valence electrons. The molecule has 4 aliphatic carbocycles. The van der Waals surface area contributed by atoms with E-state index < -0.39 is 0 Å². The molecule has 4 fully saturated rings. The maximum atomic E-state index is 13.4. The molecule has 4 saturated carbocycles. The third-order valence-corrected chi connectivity index (χ3v) is 9.20. The van der Waals surface area contributed by atoms with Crippen LogP contribution in [0.5, 0.6) is 5.75 Å². The lowest BCUT2D eigenvalue weighted by molar-refractivity contribution is -0.146. The highest BCUT2D eigenvalue weighted by Gasteiger charge is 2.54. The molecule has 0 unspecified atom stereocenters. The van der Waals surface area contributed by atoms with E-state index in [1.165, 1.54) is 31.0 Å². The second kappa shape index (κ2) is 11.5. The quantitative estimate of drug-likeness (QED) is 0.377. The first kappa shape index (κ1) is 26.1. The number of nitrogens with one attached hydrogen (secondary N) is 2. The second-order valence-electron chi connectivity index (χ2n) is 11.1. The van der Waals surface area contributed by atoms with Crippen molar-refractivity contribution in [2.75, 3.05) is 17.7 Å². The van der Waals surface area contributed by atoms with Gasteiger partial charge in [-0.05, 0) is 93.9 Å². The molecule has 0 radical (unpaired) electrons. The molecule has 4 aliphatic rings. The van der Waals surface area contributed by atoms with Gasteiger partial charge in [0.15, 0.2) is 11.0 Å². The summed E-state index contributed by atoms with van der Waals surface area (Å²) in [5, 5.41) is 15.7. The number of rotatable bonds is 12. The van der Waals surface area contributed by atoms with Crippen LogP contribution in [0.25, 0.3) is 0 Å². The minimum atomic E-state index is -0.167. The highest BCUT2D eigenvalue weighted by molar-refractivity contribution is 7.99. The Morgan fingerprint density at radius 1 is 1.05 bits per heavy atom. The number of aromatic nitrogens is 3. The summed E-state index contributed by atoms with van der Waals surface area (Å²) < 4.78 is 7.52. The van der Waals surface area contributed by atoms with Crippen LogP contribution in [0.3, 0.4) is 0 Å². The molecule has 8 nitrogen and oxygen atoms in total. The highest BCUT2D eigenvalue weighted by atomic mass is 32.2. The maximum Gasteiger partial charge on any atom is 0.234 e. The maximum absolute atomic E-state index is 13.4. The van der Waals surface area contributed by atoms with Gasteiger partial charge in [-0.1, -0.05) is 25.1 Å². The highest BCUT2D eigenvalue weighted by Crippen LogP contribution is 2.60. The zero-order valence-electron chi connectivity index (χ0n) is 22.0. The Morgan fingerprint density at radius 3 is 2.35 bits per heavy atom. The van der Waals surface area contributed by atoms with Crippen molar-refractivity contribution in [2.45, 2.75) is 83.5 Å². The number of hydrogen-bond acceptors (Lipinski definition) is 6. The summed E-state index contributed by atoms with van der Waals surface area (Å²) in [6, 6.07) is 7.36. The van der Waals surface area contributed by atoms with E-state index in [2.05, 4.69) is 32.3 Å². The molecule has 4 bridgehead atoms. The fraction of sp³-hybridized carbons (Fsp3) is 0.643. The molecule has 6 rings (SSSR count). The summed E-state index contributed by atoms with van der Waals surface area (Å²) in [6.07, 6.45) is 9.16. The zero-order valence-corrected chi connectivity index (χ0v) is 22.8. The third kappa shape index (κ3) is 5.97. The van der Waals surface area contributed by atoms with Crippen LogP contribution in [-0.2, 0) is 22.7 Å². The molecule has 1 heterocycles. The van der Waals surface area contributed by atoms with E-state index in [1.54, 1.807) is 0 Å². The van der Waals surface area contributed by atoms with Crippen molar-refractivity contribution in [2.24, 2.45) is 23.2 Å². The van der Waals surface area contributed by atoms with Crippen molar-refractivity contribution in [3.63, 3.8) is 0 Å². The molecular weight excluding hydrogens is 486 g/mol. The van der Waals surface area contributed by atoms with E-state index in [1.807, 2.05) is 31.2 Å². The Labute approximate surface area is 223 Å². The van der Waals surface area contributed by atoms with Crippen LogP contribution in [-0.4, -0.2) is 38.9 Å². The van der Waals surface area contributed by atoms with Gasteiger partial charge >= 0.3 is 0 Å². The number of carbonyl (C=O) groups is 2. The molecule has 0 saturated heterocycles. The van der Waals surface area contributed by atoms with E-state index in [4.69, 9.17) is 4.74 Å². The normalized spacial score (nSPS) is 25.7. The van der Waals surface area contributed by atoms with Crippen molar-refractivity contribution in [1.82, 2.24) is 20.1 Å². The Balaban J connectivity index is 1.18. The number of nitrogens with zero attached hydrogens (tertiary/aromatic N) is 3. The van der Waals surface area contributed by atoms with Crippen LogP contribution in [0.4, 0.5) is 5.69 Å².